The van der Waals surface area contributed by atoms with Gasteiger partial charge in [-0.25, -0.2) is 9.78 Å². The van der Waals surface area contributed by atoms with E-state index >= 15 is 0 Å². The number of nitrogens with one attached hydrogen (secondary N) is 1. The Balaban J connectivity index is 1.84. The number of rotatable bonds is 6. The molecule has 0 unspecified atom stereocenters. The molecule has 0 saturated heterocycles. The lowest BCUT2D eigenvalue weighted by atomic mass is 10.1. The number of esters is 1. The number of benzene rings is 1. The molecule has 1 N–H and O–H groups in total. The molecule has 0 aliphatic heterocycles. The van der Waals surface area contributed by atoms with Crippen LogP contribution in [0, 0.1) is 0 Å². The Morgan fingerprint density at radius 2 is 2.05 bits per heavy atom. The van der Waals surface area contributed by atoms with Crippen LogP contribution in [0.3, 0.4) is 0 Å². The van der Waals surface area contributed by atoms with Crippen LogP contribution in [0.25, 0.3) is 0 Å². The van der Waals surface area contributed by atoms with Crippen LogP contribution in [0.5, 0.6) is 0 Å². The van der Waals surface area contributed by atoms with Crippen molar-refractivity contribution in [3.05, 3.63) is 45.9 Å². The summed E-state index contributed by atoms with van der Waals surface area (Å²) in [5.41, 5.74) is 1.24. The van der Waals surface area contributed by atoms with Crippen LogP contribution in [0.15, 0.2) is 29.6 Å². The molecule has 116 valence electrons. The maximum atomic E-state index is 11.9. The minimum Gasteiger partial charge on any atom is -0.461 e. The number of hydrogen-bond acceptors (Lipinski definition) is 5. The number of aromatic nitrogens is 1. The van der Waals surface area contributed by atoms with Gasteiger partial charge in [-0.1, -0.05) is 23.7 Å². The fraction of sp³-hybridized carbons (Fsp3) is 0.267. The zero-order valence-corrected chi connectivity index (χ0v) is 13.5. The largest absolute Gasteiger partial charge is 0.461 e. The second-order valence-corrected chi connectivity index (χ2v) is 5.73. The van der Waals surface area contributed by atoms with Crippen LogP contribution in [0.1, 0.15) is 29.4 Å². The molecule has 1 amide bonds. The third-order valence-corrected chi connectivity index (χ3v) is 3.80. The van der Waals surface area contributed by atoms with Gasteiger partial charge in [0.1, 0.15) is 0 Å². The molecular weight excluding hydrogens is 324 g/mol. The van der Waals surface area contributed by atoms with E-state index in [9.17, 15) is 9.59 Å². The van der Waals surface area contributed by atoms with Gasteiger partial charge in [0, 0.05) is 16.8 Å². The molecule has 0 radical (unpaired) electrons. The van der Waals surface area contributed by atoms with Crippen molar-refractivity contribution < 1.29 is 14.3 Å². The number of anilines is 1. The standard InChI is InChI=1S/C15H15ClN2O3S/c1-2-21-14(20)12-9-22-15(17-12)18-13(19)8-5-10-3-6-11(16)7-4-10/h3-4,6-7,9H,2,5,8H2,1H3,(H,17,18,19). The summed E-state index contributed by atoms with van der Waals surface area (Å²) in [4.78, 5) is 27.4. The van der Waals surface area contributed by atoms with Crippen LogP contribution in [-0.4, -0.2) is 23.5 Å². The van der Waals surface area contributed by atoms with Crippen molar-refractivity contribution in [2.75, 3.05) is 11.9 Å². The average Bonchev–Trinajstić information content (AvgIpc) is 2.95. The highest BCUT2D eigenvalue weighted by Gasteiger charge is 2.13. The molecule has 7 heteroatoms. The van der Waals surface area contributed by atoms with Gasteiger partial charge in [-0.15, -0.1) is 11.3 Å². The minimum atomic E-state index is -0.486. The summed E-state index contributed by atoms with van der Waals surface area (Å²) in [5, 5.41) is 5.30. The second kappa shape index (κ2) is 7.91. The van der Waals surface area contributed by atoms with Crippen LogP contribution in [0.4, 0.5) is 5.13 Å². The molecule has 0 atom stereocenters. The summed E-state index contributed by atoms with van der Waals surface area (Å²) in [6.45, 7) is 2.02. The van der Waals surface area contributed by atoms with Gasteiger partial charge in [-0.2, -0.15) is 0 Å². The molecule has 0 aliphatic rings. The summed E-state index contributed by atoms with van der Waals surface area (Å²) in [7, 11) is 0. The monoisotopic (exact) mass is 338 g/mol. The number of thiazole rings is 1. The molecular formula is C15H15ClN2O3S. The van der Waals surface area contributed by atoms with Crippen molar-refractivity contribution in [1.29, 1.82) is 0 Å². The first kappa shape index (κ1) is 16.5. The van der Waals surface area contributed by atoms with Gasteiger partial charge in [0.25, 0.3) is 0 Å². The van der Waals surface area contributed by atoms with Crippen molar-refractivity contribution in [1.82, 2.24) is 4.98 Å². The maximum absolute atomic E-state index is 11.9. The molecule has 5 nitrogen and oxygen atoms in total. The number of halogens is 1. The predicted octanol–water partition coefficient (Wildman–Crippen LogP) is 3.54. The summed E-state index contributed by atoms with van der Waals surface area (Å²) in [5.74, 6) is -0.639. The molecule has 1 aromatic heterocycles. The lowest BCUT2D eigenvalue weighted by Crippen LogP contribution is -2.12. The Bertz CT molecular complexity index is 655. The number of hydrogen-bond donors (Lipinski definition) is 1. The Hall–Kier alpha value is -1.92. The fourth-order valence-corrected chi connectivity index (χ4v) is 2.54. The molecule has 1 heterocycles. The van der Waals surface area contributed by atoms with Crippen LogP contribution in [-0.2, 0) is 16.0 Å². The van der Waals surface area contributed by atoms with E-state index in [-0.39, 0.29) is 11.6 Å². The van der Waals surface area contributed by atoms with E-state index in [2.05, 4.69) is 10.3 Å². The first-order valence-electron chi connectivity index (χ1n) is 6.75. The highest BCUT2D eigenvalue weighted by atomic mass is 35.5. The molecule has 2 rings (SSSR count). The average molecular weight is 339 g/mol. The topological polar surface area (TPSA) is 68.3 Å². The SMILES string of the molecule is CCOC(=O)c1csc(NC(=O)CCc2ccc(Cl)cc2)n1. The van der Waals surface area contributed by atoms with Gasteiger partial charge in [0.05, 0.1) is 6.61 Å². The van der Waals surface area contributed by atoms with Gasteiger partial charge in [-0.3, -0.25) is 4.79 Å². The summed E-state index contributed by atoms with van der Waals surface area (Å²) < 4.78 is 4.84. The fourth-order valence-electron chi connectivity index (χ4n) is 1.72. The van der Waals surface area contributed by atoms with Crippen molar-refractivity contribution in [2.45, 2.75) is 19.8 Å². The molecule has 0 spiro atoms. The number of ether oxygens (including phenoxy) is 1. The molecule has 0 saturated carbocycles. The van der Waals surface area contributed by atoms with Gasteiger partial charge in [-0.05, 0) is 31.0 Å². The van der Waals surface area contributed by atoms with Gasteiger partial charge >= 0.3 is 5.97 Å². The number of carbonyl (C=O) groups is 2. The Kier molecular flexibility index (Phi) is 5.91. The first-order chi connectivity index (χ1) is 10.6. The van der Waals surface area contributed by atoms with Crippen molar-refractivity contribution >= 4 is 39.9 Å². The van der Waals surface area contributed by atoms with Crippen LogP contribution < -0.4 is 5.32 Å². The quantitative estimate of drug-likeness (QED) is 0.818. The first-order valence-corrected chi connectivity index (χ1v) is 8.01. The number of aryl methyl sites for hydroxylation is 1. The zero-order chi connectivity index (χ0) is 15.9. The molecule has 0 bridgehead atoms. The smallest absolute Gasteiger partial charge is 0.357 e. The summed E-state index contributed by atoms with van der Waals surface area (Å²) in [6.07, 6.45) is 0.940. The zero-order valence-electron chi connectivity index (χ0n) is 12.0. The molecule has 22 heavy (non-hydrogen) atoms. The summed E-state index contributed by atoms with van der Waals surface area (Å²) in [6, 6.07) is 7.36. The minimum absolute atomic E-state index is 0.153. The third-order valence-electron chi connectivity index (χ3n) is 2.79. The highest BCUT2D eigenvalue weighted by molar-refractivity contribution is 7.14. The molecule has 0 fully saturated rings. The normalized spacial score (nSPS) is 10.3. The van der Waals surface area contributed by atoms with E-state index in [0.717, 1.165) is 5.56 Å². The van der Waals surface area contributed by atoms with E-state index < -0.39 is 5.97 Å². The Morgan fingerprint density at radius 1 is 1.32 bits per heavy atom. The molecule has 1 aromatic carbocycles. The van der Waals surface area contributed by atoms with E-state index in [0.29, 0.717) is 29.6 Å². The van der Waals surface area contributed by atoms with E-state index in [1.165, 1.54) is 11.3 Å². The van der Waals surface area contributed by atoms with E-state index in [1.54, 1.807) is 24.4 Å². The predicted molar refractivity (Wildman–Crippen MR) is 86.5 cm³/mol. The van der Waals surface area contributed by atoms with E-state index in [1.807, 2.05) is 12.1 Å². The van der Waals surface area contributed by atoms with E-state index in [4.69, 9.17) is 16.3 Å². The second-order valence-electron chi connectivity index (χ2n) is 4.43. The van der Waals surface area contributed by atoms with Crippen LogP contribution in [0.2, 0.25) is 5.02 Å². The lowest BCUT2D eigenvalue weighted by Gasteiger charge is -2.02. The van der Waals surface area contributed by atoms with Crippen molar-refractivity contribution in [3.8, 4) is 0 Å². The number of nitrogens with zero attached hydrogens (tertiary/aromatic N) is 1. The Morgan fingerprint density at radius 3 is 2.73 bits per heavy atom. The Labute approximate surface area is 137 Å². The maximum Gasteiger partial charge on any atom is 0.357 e. The number of carbonyl (C=O) groups excluding carboxylic acids is 2. The van der Waals surface area contributed by atoms with Crippen molar-refractivity contribution in [2.24, 2.45) is 0 Å². The summed E-state index contributed by atoms with van der Waals surface area (Å²) >= 11 is 7.00. The molecule has 2 aromatic rings. The van der Waals surface area contributed by atoms with Crippen molar-refractivity contribution in [3.63, 3.8) is 0 Å². The third kappa shape index (κ3) is 4.82. The lowest BCUT2D eigenvalue weighted by molar-refractivity contribution is -0.116. The van der Waals surface area contributed by atoms with Gasteiger partial charge < -0.3 is 10.1 Å². The molecule has 0 aliphatic carbocycles. The van der Waals surface area contributed by atoms with Gasteiger partial charge in [0.2, 0.25) is 5.91 Å². The highest BCUT2D eigenvalue weighted by Crippen LogP contribution is 2.17. The number of amides is 1. The van der Waals surface area contributed by atoms with Crippen LogP contribution >= 0.6 is 22.9 Å². The van der Waals surface area contributed by atoms with Gasteiger partial charge in [0.15, 0.2) is 10.8 Å².